The van der Waals surface area contributed by atoms with E-state index in [0.29, 0.717) is 10.0 Å². The molecule has 2 N–H and O–H groups in total. The zero-order valence-electron chi connectivity index (χ0n) is 9.45. The lowest BCUT2D eigenvalue weighted by molar-refractivity contribution is 0.0749. The number of nitrogens with one attached hydrogen (secondary N) is 1. The van der Waals surface area contributed by atoms with Crippen molar-refractivity contribution in [2.24, 2.45) is 0 Å². The van der Waals surface area contributed by atoms with Gasteiger partial charge in [-0.05, 0) is 47.0 Å². The molecule has 1 fully saturated rings. The molecule has 17 heavy (non-hydrogen) atoms. The van der Waals surface area contributed by atoms with Crippen molar-refractivity contribution in [3.8, 4) is 5.75 Å². The second-order valence-electron chi connectivity index (χ2n) is 4.15. The van der Waals surface area contributed by atoms with E-state index in [4.69, 9.17) is 0 Å². The average molecular weight is 299 g/mol. The Morgan fingerprint density at radius 3 is 2.65 bits per heavy atom. The molecule has 2 rings (SSSR count). The van der Waals surface area contributed by atoms with Crippen LogP contribution < -0.4 is 5.43 Å². The number of hydrogen-bond donors (Lipinski definition) is 2. The molecule has 92 valence electrons. The monoisotopic (exact) mass is 298 g/mol. The van der Waals surface area contributed by atoms with Crippen LogP contribution in [0.5, 0.6) is 5.75 Å². The molecular weight excluding hydrogens is 284 g/mol. The van der Waals surface area contributed by atoms with E-state index in [1.165, 1.54) is 12.5 Å². The minimum absolute atomic E-state index is 0.0799. The fourth-order valence-corrected chi connectivity index (χ4v) is 2.11. The molecule has 0 saturated carbocycles. The molecule has 1 aliphatic heterocycles. The van der Waals surface area contributed by atoms with Gasteiger partial charge in [0.25, 0.3) is 5.91 Å². The van der Waals surface area contributed by atoms with Gasteiger partial charge in [0.15, 0.2) is 0 Å². The summed E-state index contributed by atoms with van der Waals surface area (Å²) in [5.74, 6) is -0.0917. The van der Waals surface area contributed by atoms with Crippen molar-refractivity contribution >= 4 is 21.8 Å². The summed E-state index contributed by atoms with van der Waals surface area (Å²) in [7, 11) is 0. The van der Waals surface area contributed by atoms with Crippen LogP contribution in [0.3, 0.4) is 0 Å². The van der Waals surface area contributed by atoms with Crippen LogP contribution >= 0.6 is 15.9 Å². The lowest BCUT2D eigenvalue weighted by Gasteiger charge is -2.26. The predicted molar refractivity (Wildman–Crippen MR) is 68.7 cm³/mol. The first-order valence-electron chi connectivity index (χ1n) is 5.71. The topological polar surface area (TPSA) is 52.6 Å². The lowest BCUT2D eigenvalue weighted by Crippen LogP contribution is -2.45. The highest BCUT2D eigenvalue weighted by molar-refractivity contribution is 9.10. The number of carbonyl (C=O) groups is 1. The molecule has 0 aromatic heterocycles. The van der Waals surface area contributed by atoms with Crippen LogP contribution in [-0.2, 0) is 0 Å². The number of phenolic OH excluding ortho intramolecular Hbond substituents is 1. The first-order valence-corrected chi connectivity index (χ1v) is 6.50. The van der Waals surface area contributed by atoms with Crippen LogP contribution in [0.1, 0.15) is 29.6 Å². The van der Waals surface area contributed by atoms with E-state index in [2.05, 4.69) is 21.4 Å². The molecule has 0 atom stereocenters. The molecule has 0 bridgehead atoms. The second-order valence-corrected chi connectivity index (χ2v) is 5.01. The third-order valence-corrected chi connectivity index (χ3v) is 3.49. The summed E-state index contributed by atoms with van der Waals surface area (Å²) in [5, 5.41) is 11.4. The molecule has 4 nitrogen and oxygen atoms in total. The fraction of sp³-hybridized carbons (Fsp3) is 0.417. The third kappa shape index (κ3) is 3.20. The van der Waals surface area contributed by atoms with Gasteiger partial charge in [0.1, 0.15) is 5.75 Å². The van der Waals surface area contributed by atoms with Gasteiger partial charge in [-0.1, -0.05) is 6.42 Å². The average Bonchev–Trinajstić information content (AvgIpc) is 2.34. The van der Waals surface area contributed by atoms with Crippen molar-refractivity contribution in [3.63, 3.8) is 0 Å². The Morgan fingerprint density at radius 1 is 1.29 bits per heavy atom. The van der Waals surface area contributed by atoms with Crippen molar-refractivity contribution in [3.05, 3.63) is 28.2 Å². The van der Waals surface area contributed by atoms with E-state index in [1.54, 1.807) is 12.1 Å². The number of halogens is 1. The first-order chi connectivity index (χ1) is 8.16. The molecule has 1 aromatic rings. The molecule has 1 aliphatic rings. The van der Waals surface area contributed by atoms with E-state index in [0.717, 1.165) is 25.9 Å². The highest BCUT2D eigenvalue weighted by atomic mass is 79.9. The van der Waals surface area contributed by atoms with E-state index in [1.807, 2.05) is 5.01 Å². The van der Waals surface area contributed by atoms with Gasteiger partial charge in [-0.2, -0.15) is 0 Å². The predicted octanol–water partition coefficient (Wildman–Crippen LogP) is 2.29. The van der Waals surface area contributed by atoms with Gasteiger partial charge in [0, 0.05) is 18.7 Å². The number of hydrazine groups is 1. The zero-order valence-corrected chi connectivity index (χ0v) is 11.0. The molecule has 1 amide bonds. The minimum Gasteiger partial charge on any atom is -0.507 e. The van der Waals surface area contributed by atoms with Crippen LogP contribution in [0.15, 0.2) is 22.7 Å². The highest BCUT2D eigenvalue weighted by Crippen LogP contribution is 2.24. The quantitative estimate of drug-likeness (QED) is 0.881. The van der Waals surface area contributed by atoms with Gasteiger partial charge in [0.2, 0.25) is 0 Å². The molecule has 0 spiro atoms. The number of piperidine rings is 1. The van der Waals surface area contributed by atoms with Crippen LogP contribution in [-0.4, -0.2) is 29.1 Å². The van der Waals surface area contributed by atoms with Gasteiger partial charge < -0.3 is 5.11 Å². The summed E-state index contributed by atoms with van der Waals surface area (Å²) < 4.78 is 0.590. The molecule has 0 radical (unpaired) electrons. The SMILES string of the molecule is O=C(NN1CCCCC1)c1ccc(Br)c(O)c1. The second kappa shape index (κ2) is 5.51. The smallest absolute Gasteiger partial charge is 0.265 e. The lowest BCUT2D eigenvalue weighted by atomic mass is 10.1. The summed E-state index contributed by atoms with van der Waals surface area (Å²) in [5.41, 5.74) is 3.32. The Kier molecular flexibility index (Phi) is 4.02. The number of aromatic hydroxyl groups is 1. The number of hydrogen-bond acceptors (Lipinski definition) is 3. The number of nitrogens with zero attached hydrogens (tertiary/aromatic N) is 1. The van der Waals surface area contributed by atoms with Crippen LogP contribution in [0, 0.1) is 0 Å². The number of amides is 1. The number of benzene rings is 1. The van der Waals surface area contributed by atoms with Crippen molar-refractivity contribution in [1.82, 2.24) is 10.4 Å². The van der Waals surface area contributed by atoms with Gasteiger partial charge >= 0.3 is 0 Å². The Balaban J connectivity index is 2.01. The Morgan fingerprint density at radius 2 is 2.00 bits per heavy atom. The zero-order chi connectivity index (χ0) is 12.3. The largest absolute Gasteiger partial charge is 0.507 e. The van der Waals surface area contributed by atoms with E-state index < -0.39 is 0 Å². The number of carbonyl (C=O) groups excluding carboxylic acids is 1. The van der Waals surface area contributed by atoms with E-state index in [9.17, 15) is 9.90 Å². The molecular formula is C12H15BrN2O2. The van der Waals surface area contributed by atoms with Gasteiger partial charge in [0.05, 0.1) is 4.47 Å². The van der Waals surface area contributed by atoms with Crippen LogP contribution in [0.25, 0.3) is 0 Å². The molecule has 0 aliphatic carbocycles. The van der Waals surface area contributed by atoms with Crippen LogP contribution in [0.4, 0.5) is 0 Å². The maximum Gasteiger partial charge on any atom is 0.265 e. The minimum atomic E-state index is -0.172. The van der Waals surface area contributed by atoms with Crippen molar-refractivity contribution in [2.75, 3.05) is 13.1 Å². The molecule has 1 saturated heterocycles. The van der Waals surface area contributed by atoms with Gasteiger partial charge in [-0.25, -0.2) is 5.01 Å². The number of rotatable bonds is 2. The summed E-state index contributed by atoms with van der Waals surface area (Å²) in [6, 6.07) is 4.81. The molecule has 5 heteroatoms. The first kappa shape index (κ1) is 12.4. The Hall–Kier alpha value is -1.07. The highest BCUT2D eigenvalue weighted by Gasteiger charge is 2.14. The van der Waals surface area contributed by atoms with Gasteiger partial charge in [-0.3, -0.25) is 10.2 Å². The van der Waals surface area contributed by atoms with Crippen molar-refractivity contribution in [2.45, 2.75) is 19.3 Å². The van der Waals surface area contributed by atoms with Crippen LogP contribution in [0.2, 0.25) is 0 Å². The van der Waals surface area contributed by atoms with E-state index in [-0.39, 0.29) is 11.7 Å². The maximum absolute atomic E-state index is 11.9. The normalized spacial score (nSPS) is 16.8. The number of phenols is 1. The summed E-state index contributed by atoms with van der Waals surface area (Å²) in [6.45, 7) is 1.79. The summed E-state index contributed by atoms with van der Waals surface area (Å²) in [6.07, 6.45) is 3.46. The standard InChI is InChI=1S/C12H15BrN2O2/c13-10-5-4-9(8-11(10)16)12(17)14-15-6-2-1-3-7-15/h4-5,8,16H,1-3,6-7H2,(H,14,17). The van der Waals surface area contributed by atoms with E-state index >= 15 is 0 Å². The molecule has 0 unspecified atom stereocenters. The fourth-order valence-electron chi connectivity index (χ4n) is 1.87. The molecule has 1 heterocycles. The Bertz CT molecular complexity index is 417. The summed E-state index contributed by atoms with van der Waals surface area (Å²) >= 11 is 3.18. The Labute approximate surface area is 109 Å². The maximum atomic E-state index is 11.9. The third-order valence-electron chi connectivity index (χ3n) is 2.82. The molecule has 1 aromatic carbocycles. The van der Waals surface area contributed by atoms with Gasteiger partial charge in [-0.15, -0.1) is 0 Å². The van der Waals surface area contributed by atoms with Crippen molar-refractivity contribution < 1.29 is 9.90 Å². The summed E-state index contributed by atoms with van der Waals surface area (Å²) in [4.78, 5) is 11.9. The van der Waals surface area contributed by atoms with Crippen molar-refractivity contribution in [1.29, 1.82) is 0 Å².